The lowest BCUT2D eigenvalue weighted by Gasteiger charge is -2.20. The fourth-order valence-electron chi connectivity index (χ4n) is 2.37. The van der Waals surface area contributed by atoms with Gasteiger partial charge in [0.15, 0.2) is 5.69 Å². The largest absolute Gasteiger partial charge is 0.461 e. The van der Waals surface area contributed by atoms with Gasteiger partial charge in [-0.2, -0.15) is 5.10 Å². The fraction of sp³-hybridized carbons (Fsp3) is 0.375. The summed E-state index contributed by atoms with van der Waals surface area (Å²) in [5, 5.41) is 4.29. The van der Waals surface area contributed by atoms with Crippen LogP contribution in [0.1, 0.15) is 28.5 Å². The minimum Gasteiger partial charge on any atom is -0.461 e. The van der Waals surface area contributed by atoms with E-state index < -0.39 is 0 Å². The number of hydrogen-bond donors (Lipinski definition) is 0. The lowest BCUT2D eigenvalue weighted by molar-refractivity contribution is 0.0518. The molecule has 0 saturated carbocycles. The number of carbonyl (C=O) groups excluding carboxylic acids is 1. The summed E-state index contributed by atoms with van der Waals surface area (Å²) in [4.78, 5) is 13.9. The lowest BCUT2D eigenvalue weighted by atomic mass is 10.2. The van der Waals surface area contributed by atoms with Gasteiger partial charge in [-0.3, -0.25) is 4.68 Å². The molecule has 2 rings (SSSR count). The zero-order valence-electron chi connectivity index (χ0n) is 13.2. The standard InChI is InChI=1S/C16H21N3O2/c1-6-21-16(20)14-12(3)15(19(5)17-14)18(4)13-9-7-11(2)8-10-13/h7-10H,6H2,1-5H3. The van der Waals surface area contributed by atoms with Crippen molar-refractivity contribution in [2.75, 3.05) is 18.6 Å². The molecule has 0 atom stereocenters. The third-order valence-electron chi connectivity index (χ3n) is 3.45. The van der Waals surface area contributed by atoms with Crippen molar-refractivity contribution in [1.82, 2.24) is 9.78 Å². The molecule has 1 heterocycles. The summed E-state index contributed by atoms with van der Waals surface area (Å²) in [6, 6.07) is 8.21. The zero-order chi connectivity index (χ0) is 15.6. The predicted octanol–water partition coefficient (Wildman–Crippen LogP) is 2.98. The number of ether oxygens (including phenoxy) is 1. The van der Waals surface area contributed by atoms with Crippen LogP contribution in [0.4, 0.5) is 11.5 Å². The second kappa shape index (κ2) is 5.99. The number of anilines is 2. The number of aryl methyl sites for hydroxylation is 2. The van der Waals surface area contributed by atoms with E-state index in [4.69, 9.17) is 4.74 Å². The molecule has 0 spiro atoms. The molecule has 0 aliphatic carbocycles. The van der Waals surface area contributed by atoms with Gasteiger partial charge in [0.2, 0.25) is 0 Å². The second-order valence-electron chi connectivity index (χ2n) is 5.04. The number of rotatable bonds is 4. The molecular formula is C16H21N3O2. The van der Waals surface area contributed by atoms with Gasteiger partial charge < -0.3 is 9.64 Å². The van der Waals surface area contributed by atoms with Gasteiger partial charge in [-0.1, -0.05) is 17.7 Å². The summed E-state index contributed by atoms with van der Waals surface area (Å²) < 4.78 is 6.75. The number of hydrogen-bond acceptors (Lipinski definition) is 4. The smallest absolute Gasteiger partial charge is 0.359 e. The first-order valence-corrected chi connectivity index (χ1v) is 6.96. The summed E-state index contributed by atoms with van der Waals surface area (Å²) in [6.45, 7) is 6.07. The Balaban J connectivity index is 2.40. The average Bonchev–Trinajstić information content (AvgIpc) is 2.74. The molecule has 0 amide bonds. The maximum Gasteiger partial charge on any atom is 0.359 e. The number of nitrogens with zero attached hydrogens (tertiary/aromatic N) is 3. The molecule has 21 heavy (non-hydrogen) atoms. The third kappa shape index (κ3) is 2.91. The van der Waals surface area contributed by atoms with E-state index in [1.807, 2.05) is 38.1 Å². The Morgan fingerprint density at radius 3 is 2.48 bits per heavy atom. The van der Waals surface area contributed by atoms with Gasteiger partial charge in [-0.25, -0.2) is 4.79 Å². The second-order valence-corrected chi connectivity index (χ2v) is 5.04. The van der Waals surface area contributed by atoms with Crippen LogP contribution in [0.3, 0.4) is 0 Å². The van der Waals surface area contributed by atoms with Crippen LogP contribution in [0.25, 0.3) is 0 Å². The minimum absolute atomic E-state index is 0.345. The van der Waals surface area contributed by atoms with Gasteiger partial charge in [-0.05, 0) is 32.9 Å². The van der Waals surface area contributed by atoms with Crippen LogP contribution < -0.4 is 4.90 Å². The van der Waals surface area contributed by atoms with Gasteiger partial charge >= 0.3 is 5.97 Å². The molecule has 0 bridgehead atoms. The molecule has 0 fully saturated rings. The molecule has 1 aromatic heterocycles. The van der Waals surface area contributed by atoms with Crippen LogP contribution in [0.2, 0.25) is 0 Å². The van der Waals surface area contributed by atoms with E-state index in [2.05, 4.69) is 24.2 Å². The van der Waals surface area contributed by atoms with Gasteiger partial charge in [0.05, 0.1) is 6.61 Å². The first kappa shape index (κ1) is 15.1. The Kier molecular flexibility index (Phi) is 4.31. The van der Waals surface area contributed by atoms with Crippen LogP contribution in [-0.2, 0) is 11.8 Å². The highest BCUT2D eigenvalue weighted by atomic mass is 16.5. The Bertz CT molecular complexity index is 644. The first-order valence-electron chi connectivity index (χ1n) is 6.96. The Morgan fingerprint density at radius 1 is 1.29 bits per heavy atom. The number of esters is 1. The van der Waals surface area contributed by atoms with Gasteiger partial charge in [0.25, 0.3) is 0 Å². The summed E-state index contributed by atoms with van der Waals surface area (Å²) in [5.74, 6) is 0.496. The topological polar surface area (TPSA) is 47.4 Å². The highest BCUT2D eigenvalue weighted by molar-refractivity contribution is 5.91. The van der Waals surface area contributed by atoms with Crippen molar-refractivity contribution >= 4 is 17.5 Å². The SMILES string of the molecule is CCOC(=O)c1nn(C)c(N(C)c2ccc(C)cc2)c1C. The van der Waals surface area contributed by atoms with Crippen LogP contribution in [-0.4, -0.2) is 29.4 Å². The highest BCUT2D eigenvalue weighted by Crippen LogP contribution is 2.28. The maximum atomic E-state index is 11.9. The molecule has 0 unspecified atom stereocenters. The fourth-order valence-corrected chi connectivity index (χ4v) is 2.37. The summed E-state index contributed by atoms with van der Waals surface area (Å²) in [5.41, 5.74) is 3.44. The molecular weight excluding hydrogens is 266 g/mol. The molecule has 5 nitrogen and oxygen atoms in total. The van der Waals surface area contributed by atoms with Crippen molar-refractivity contribution in [3.05, 3.63) is 41.1 Å². The van der Waals surface area contributed by atoms with Crippen LogP contribution in [0.5, 0.6) is 0 Å². The van der Waals surface area contributed by atoms with E-state index in [1.54, 1.807) is 11.6 Å². The third-order valence-corrected chi connectivity index (χ3v) is 3.45. The molecule has 1 aromatic carbocycles. The van der Waals surface area contributed by atoms with E-state index in [1.165, 1.54) is 5.56 Å². The van der Waals surface area contributed by atoms with Crippen molar-refractivity contribution in [2.45, 2.75) is 20.8 Å². The maximum absolute atomic E-state index is 11.9. The first-order chi connectivity index (χ1) is 9.95. The van der Waals surface area contributed by atoms with Crippen molar-refractivity contribution in [3.8, 4) is 0 Å². The van der Waals surface area contributed by atoms with Crippen molar-refractivity contribution < 1.29 is 9.53 Å². The highest BCUT2D eigenvalue weighted by Gasteiger charge is 2.22. The number of benzene rings is 1. The van der Waals surface area contributed by atoms with Crippen LogP contribution in [0, 0.1) is 13.8 Å². The van der Waals surface area contributed by atoms with Crippen LogP contribution >= 0.6 is 0 Å². The van der Waals surface area contributed by atoms with E-state index in [9.17, 15) is 4.79 Å². The summed E-state index contributed by atoms with van der Waals surface area (Å²) >= 11 is 0. The van der Waals surface area contributed by atoms with Gasteiger partial charge in [-0.15, -0.1) is 0 Å². The van der Waals surface area contributed by atoms with Gasteiger partial charge in [0, 0.05) is 25.3 Å². The zero-order valence-corrected chi connectivity index (χ0v) is 13.2. The van der Waals surface area contributed by atoms with Crippen molar-refractivity contribution in [2.24, 2.45) is 7.05 Å². The minimum atomic E-state index is -0.380. The van der Waals surface area contributed by atoms with Crippen molar-refractivity contribution in [3.63, 3.8) is 0 Å². The molecule has 0 N–H and O–H groups in total. The van der Waals surface area contributed by atoms with Gasteiger partial charge in [0.1, 0.15) is 5.82 Å². The molecule has 5 heteroatoms. The molecule has 112 valence electrons. The summed E-state index contributed by atoms with van der Waals surface area (Å²) in [6.07, 6.45) is 0. The van der Waals surface area contributed by atoms with E-state index >= 15 is 0 Å². The van der Waals surface area contributed by atoms with Crippen LogP contribution in [0.15, 0.2) is 24.3 Å². The molecule has 0 aliphatic heterocycles. The van der Waals surface area contributed by atoms with E-state index in [0.717, 1.165) is 17.1 Å². The average molecular weight is 287 g/mol. The Morgan fingerprint density at radius 2 is 1.90 bits per heavy atom. The molecule has 0 saturated heterocycles. The number of aromatic nitrogens is 2. The summed E-state index contributed by atoms with van der Waals surface area (Å²) in [7, 11) is 3.79. The molecule has 0 aliphatic rings. The van der Waals surface area contributed by atoms with E-state index in [0.29, 0.717) is 12.3 Å². The Labute approximate surface area is 125 Å². The van der Waals surface area contributed by atoms with Crippen molar-refractivity contribution in [1.29, 1.82) is 0 Å². The van der Waals surface area contributed by atoms with E-state index in [-0.39, 0.29) is 5.97 Å². The molecule has 0 radical (unpaired) electrons. The normalized spacial score (nSPS) is 10.5. The predicted molar refractivity (Wildman–Crippen MR) is 83.1 cm³/mol. The number of carbonyl (C=O) groups is 1. The quantitative estimate of drug-likeness (QED) is 0.811. The lowest BCUT2D eigenvalue weighted by Crippen LogP contribution is -2.14. The Hall–Kier alpha value is -2.30. The molecule has 2 aromatic rings. The monoisotopic (exact) mass is 287 g/mol.